The highest BCUT2D eigenvalue weighted by Crippen LogP contribution is 2.21. The zero-order valence-corrected chi connectivity index (χ0v) is 16.6. The molecule has 2 aromatic carbocycles. The van der Waals surface area contributed by atoms with Gasteiger partial charge in [-0.1, -0.05) is 36.0 Å². The van der Waals surface area contributed by atoms with Crippen LogP contribution in [0.2, 0.25) is 0 Å². The molecule has 150 valence electrons. The van der Waals surface area contributed by atoms with E-state index in [-0.39, 0.29) is 30.2 Å². The number of methoxy groups -OCH3 is 1. The second-order valence-corrected chi connectivity index (χ2v) is 7.23. The SMILES string of the molecule is COc1cccc(CSc2nc(CC(=O)NCc3ccc(F)cc3)cc(=O)[nH]2)c1. The molecule has 0 bridgehead atoms. The van der Waals surface area contributed by atoms with E-state index in [9.17, 15) is 14.0 Å². The van der Waals surface area contributed by atoms with Crippen LogP contribution < -0.4 is 15.6 Å². The van der Waals surface area contributed by atoms with Crippen molar-refractivity contribution in [3.05, 3.63) is 87.6 Å². The second-order valence-electron chi connectivity index (χ2n) is 6.26. The van der Waals surface area contributed by atoms with Crippen molar-refractivity contribution in [3.8, 4) is 5.75 Å². The molecular weight excluding hydrogens is 393 g/mol. The molecule has 0 unspecified atom stereocenters. The highest BCUT2D eigenvalue weighted by molar-refractivity contribution is 7.98. The van der Waals surface area contributed by atoms with Crippen LogP contribution in [0.25, 0.3) is 0 Å². The summed E-state index contributed by atoms with van der Waals surface area (Å²) in [6, 6.07) is 14.8. The number of hydrogen-bond donors (Lipinski definition) is 2. The van der Waals surface area contributed by atoms with Crippen LogP contribution in [0.15, 0.2) is 64.5 Å². The van der Waals surface area contributed by atoms with Gasteiger partial charge in [0, 0.05) is 18.4 Å². The number of nitrogens with one attached hydrogen (secondary N) is 2. The second kappa shape index (κ2) is 9.88. The number of aromatic amines is 1. The highest BCUT2D eigenvalue weighted by Gasteiger charge is 2.09. The normalized spacial score (nSPS) is 10.6. The Balaban J connectivity index is 1.58. The van der Waals surface area contributed by atoms with Gasteiger partial charge in [0.05, 0.1) is 19.2 Å². The Hall–Kier alpha value is -3.13. The van der Waals surface area contributed by atoms with Gasteiger partial charge in [-0.25, -0.2) is 9.37 Å². The van der Waals surface area contributed by atoms with E-state index in [1.165, 1.54) is 30.0 Å². The predicted molar refractivity (Wildman–Crippen MR) is 109 cm³/mol. The quantitative estimate of drug-likeness (QED) is 0.438. The van der Waals surface area contributed by atoms with Gasteiger partial charge in [0.2, 0.25) is 5.91 Å². The number of H-pyrrole nitrogens is 1. The standard InChI is InChI=1S/C21H20FN3O3S/c1-28-18-4-2-3-15(9-18)13-29-21-24-17(11-20(27)25-21)10-19(26)23-12-14-5-7-16(22)8-6-14/h2-9,11H,10,12-13H2,1H3,(H,23,26)(H,24,25,27). The lowest BCUT2D eigenvalue weighted by molar-refractivity contribution is -0.120. The van der Waals surface area contributed by atoms with E-state index < -0.39 is 0 Å². The van der Waals surface area contributed by atoms with Gasteiger partial charge in [0.1, 0.15) is 11.6 Å². The summed E-state index contributed by atoms with van der Waals surface area (Å²) in [5, 5.41) is 3.19. The molecule has 0 atom stereocenters. The average Bonchev–Trinajstić information content (AvgIpc) is 2.71. The number of thioether (sulfide) groups is 1. The fourth-order valence-electron chi connectivity index (χ4n) is 2.59. The minimum Gasteiger partial charge on any atom is -0.497 e. The molecule has 0 aliphatic carbocycles. The van der Waals surface area contributed by atoms with Crippen molar-refractivity contribution in [2.45, 2.75) is 23.9 Å². The van der Waals surface area contributed by atoms with Gasteiger partial charge >= 0.3 is 0 Å². The molecule has 0 saturated heterocycles. The number of carbonyl (C=O) groups excluding carboxylic acids is 1. The molecule has 29 heavy (non-hydrogen) atoms. The van der Waals surface area contributed by atoms with E-state index in [1.54, 1.807) is 19.2 Å². The Morgan fingerprint density at radius 1 is 1.17 bits per heavy atom. The minimum absolute atomic E-state index is 0.0160. The fraction of sp³-hybridized carbons (Fsp3) is 0.190. The lowest BCUT2D eigenvalue weighted by Gasteiger charge is -2.07. The lowest BCUT2D eigenvalue weighted by atomic mass is 10.2. The van der Waals surface area contributed by atoms with Gasteiger partial charge < -0.3 is 15.0 Å². The average molecular weight is 413 g/mol. The number of halogens is 1. The van der Waals surface area contributed by atoms with Crippen LogP contribution in [0.1, 0.15) is 16.8 Å². The summed E-state index contributed by atoms with van der Waals surface area (Å²) >= 11 is 1.37. The van der Waals surface area contributed by atoms with Crippen LogP contribution in [-0.4, -0.2) is 23.0 Å². The topological polar surface area (TPSA) is 84.1 Å². The molecule has 0 aliphatic rings. The van der Waals surface area contributed by atoms with Crippen LogP contribution in [-0.2, 0) is 23.5 Å². The lowest BCUT2D eigenvalue weighted by Crippen LogP contribution is -2.25. The first-order valence-electron chi connectivity index (χ1n) is 8.89. The third-order valence-electron chi connectivity index (χ3n) is 4.03. The molecule has 0 radical (unpaired) electrons. The third-order valence-corrected chi connectivity index (χ3v) is 4.97. The Labute approximate surface area is 171 Å². The molecule has 0 aliphatic heterocycles. The smallest absolute Gasteiger partial charge is 0.251 e. The van der Waals surface area contributed by atoms with Crippen LogP contribution >= 0.6 is 11.8 Å². The maximum absolute atomic E-state index is 12.9. The van der Waals surface area contributed by atoms with Gasteiger partial charge in [-0.05, 0) is 35.4 Å². The summed E-state index contributed by atoms with van der Waals surface area (Å²) in [6.07, 6.45) is -0.0160. The molecule has 1 amide bonds. The van der Waals surface area contributed by atoms with Gasteiger partial charge in [-0.15, -0.1) is 0 Å². The van der Waals surface area contributed by atoms with E-state index in [4.69, 9.17) is 4.74 Å². The van der Waals surface area contributed by atoms with Gasteiger partial charge in [0.15, 0.2) is 5.16 Å². The number of benzene rings is 2. The van der Waals surface area contributed by atoms with Crippen LogP contribution in [0, 0.1) is 5.82 Å². The van der Waals surface area contributed by atoms with Crippen molar-refractivity contribution in [2.24, 2.45) is 0 Å². The number of aromatic nitrogens is 2. The first-order chi connectivity index (χ1) is 14.0. The molecule has 0 fully saturated rings. The summed E-state index contributed by atoms with van der Waals surface area (Å²) < 4.78 is 18.1. The van der Waals surface area contributed by atoms with Crippen molar-refractivity contribution in [1.82, 2.24) is 15.3 Å². The highest BCUT2D eigenvalue weighted by atomic mass is 32.2. The number of ether oxygens (including phenoxy) is 1. The first kappa shape index (κ1) is 20.6. The maximum atomic E-state index is 12.9. The molecule has 2 N–H and O–H groups in total. The van der Waals surface area contributed by atoms with Crippen LogP contribution in [0.5, 0.6) is 5.75 Å². The number of amides is 1. The first-order valence-corrected chi connectivity index (χ1v) is 9.87. The zero-order chi connectivity index (χ0) is 20.6. The zero-order valence-electron chi connectivity index (χ0n) is 15.8. The van der Waals surface area contributed by atoms with Crippen LogP contribution in [0.4, 0.5) is 4.39 Å². The molecular formula is C21H20FN3O3S. The molecule has 6 nitrogen and oxygen atoms in total. The largest absolute Gasteiger partial charge is 0.497 e. The Kier molecular flexibility index (Phi) is 7.02. The summed E-state index contributed by atoms with van der Waals surface area (Å²) in [4.78, 5) is 31.1. The van der Waals surface area contributed by atoms with Crippen LogP contribution in [0.3, 0.4) is 0 Å². The predicted octanol–water partition coefficient (Wildman–Crippen LogP) is 3.07. The maximum Gasteiger partial charge on any atom is 0.251 e. The summed E-state index contributed by atoms with van der Waals surface area (Å²) in [7, 11) is 1.61. The molecule has 8 heteroatoms. The van der Waals surface area contributed by atoms with E-state index in [2.05, 4.69) is 15.3 Å². The molecule has 0 saturated carbocycles. The van der Waals surface area contributed by atoms with Crippen molar-refractivity contribution < 1.29 is 13.9 Å². The molecule has 3 rings (SSSR count). The van der Waals surface area contributed by atoms with E-state index in [0.29, 0.717) is 16.6 Å². The Morgan fingerprint density at radius 3 is 2.72 bits per heavy atom. The van der Waals surface area contributed by atoms with E-state index in [1.807, 2.05) is 24.3 Å². The fourth-order valence-corrected chi connectivity index (χ4v) is 3.42. The van der Waals surface area contributed by atoms with Crippen molar-refractivity contribution >= 4 is 17.7 Å². The number of hydrogen-bond acceptors (Lipinski definition) is 5. The molecule has 1 aromatic heterocycles. The summed E-state index contributed by atoms with van der Waals surface area (Å²) in [5.74, 6) is 0.763. The third kappa shape index (κ3) is 6.46. The number of rotatable bonds is 8. The minimum atomic E-state index is -0.327. The van der Waals surface area contributed by atoms with Gasteiger partial charge in [-0.2, -0.15) is 0 Å². The monoisotopic (exact) mass is 413 g/mol. The molecule has 1 heterocycles. The summed E-state index contributed by atoms with van der Waals surface area (Å²) in [5.41, 5.74) is 1.89. The number of carbonyl (C=O) groups is 1. The van der Waals surface area contributed by atoms with Crippen molar-refractivity contribution in [3.63, 3.8) is 0 Å². The molecule has 3 aromatic rings. The number of nitrogens with zero attached hydrogens (tertiary/aromatic N) is 1. The van der Waals surface area contributed by atoms with Gasteiger partial charge in [-0.3, -0.25) is 9.59 Å². The Bertz CT molecular complexity index is 1040. The molecule has 0 spiro atoms. The van der Waals surface area contributed by atoms with Crippen molar-refractivity contribution in [2.75, 3.05) is 7.11 Å². The Morgan fingerprint density at radius 2 is 1.97 bits per heavy atom. The van der Waals surface area contributed by atoms with E-state index >= 15 is 0 Å². The van der Waals surface area contributed by atoms with E-state index in [0.717, 1.165) is 16.9 Å². The van der Waals surface area contributed by atoms with Gasteiger partial charge in [0.25, 0.3) is 5.56 Å². The van der Waals surface area contributed by atoms with Crippen molar-refractivity contribution in [1.29, 1.82) is 0 Å². The summed E-state index contributed by atoms with van der Waals surface area (Å²) in [6.45, 7) is 0.278.